The first-order valence-corrected chi connectivity index (χ1v) is 12.7. The molecule has 0 amide bonds. The lowest BCUT2D eigenvalue weighted by Crippen LogP contribution is -2.46. The van der Waals surface area contributed by atoms with Crippen LogP contribution in [0.3, 0.4) is 0 Å². The molecular weight excluding hydrogens is 393 g/mol. The second-order valence-electron chi connectivity index (χ2n) is 7.79. The van der Waals surface area contributed by atoms with Gasteiger partial charge in [0.15, 0.2) is 8.32 Å². The number of hydrogen-bond acceptors (Lipinski definition) is 7. The average Bonchev–Trinajstić information content (AvgIpc) is 2.85. The molecule has 2 heterocycles. The van der Waals surface area contributed by atoms with Gasteiger partial charge in [-0.1, -0.05) is 20.8 Å². The first kappa shape index (κ1) is 21.8. The molecule has 0 radical (unpaired) electrons. The third kappa shape index (κ3) is 5.50. The Morgan fingerprint density at radius 2 is 2.04 bits per heavy atom. The van der Waals surface area contributed by atoms with E-state index in [0.29, 0.717) is 0 Å². The summed E-state index contributed by atoms with van der Waals surface area (Å²) in [6.45, 7) is 9.86. The van der Waals surface area contributed by atoms with Gasteiger partial charge in [-0.05, 0) is 30.3 Å². The summed E-state index contributed by atoms with van der Waals surface area (Å²) in [5.74, 6) is 0.241. The lowest BCUT2D eigenvalue weighted by molar-refractivity contribution is -0.00544. The van der Waals surface area contributed by atoms with Crippen molar-refractivity contribution in [2.45, 2.75) is 51.2 Å². The molecule has 0 saturated carbocycles. The van der Waals surface area contributed by atoms with Gasteiger partial charge in [0.1, 0.15) is 24.3 Å². The standard InChI is InChI=1S/C15H26N3O7PSi/c1-15(2,3)27(4,5)25-11-8-10(9-23-26(20,21)22)24-13(11)18-7-6-12(16)17-14(18)19/h6-8,11,13H,9H2,1-5H3,(H2,16,17,19)(H2,20,21,22)/t11-,13-/m1/s1. The van der Waals surface area contributed by atoms with Crippen molar-refractivity contribution in [1.29, 1.82) is 0 Å². The van der Waals surface area contributed by atoms with E-state index >= 15 is 0 Å². The number of phosphoric ester groups is 1. The molecule has 2 atom stereocenters. The molecule has 0 saturated heterocycles. The van der Waals surface area contributed by atoms with E-state index in [4.69, 9.17) is 24.7 Å². The highest BCUT2D eigenvalue weighted by molar-refractivity contribution is 7.46. The van der Waals surface area contributed by atoms with E-state index in [0.717, 1.165) is 0 Å². The van der Waals surface area contributed by atoms with Crippen molar-refractivity contribution < 1.29 is 28.0 Å². The smallest absolute Gasteiger partial charge is 0.469 e. The average molecular weight is 419 g/mol. The van der Waals surface area contributed by atoms with Crippen molar-refractivity contribution in [3.05, 3.63) is 34.6 Å². The molecule has 1 aromatic heterocycles. The van der Waals surface area contributed by atoms with Gasteiger partial charge in [0.05, 0.1) is 0 Å². The summed E-state index contributed by atoms with van der Waals surface area (Å²) in [5, 5.41) is -0.0964. The highest BCUT2D eigenvalue weighted by Crippen LogP contribution is 2.42. The fraction of sp³-hybridized carbons (Fsp3) is 0.600. The molecule has 1 aliphatic rings. The van der Waals surface area contributed by atoms with Gasteiger partial charge < -0.3 is 24.7 Å². The Morgan fingerprint density at radius 1 is 1.41 bits per heavy atom. The number of aromatic nitrogens is 2. The quantitative estimate of drug-likeness (QED) is 0.463. The number of nitrogens with two attached hydrogens (primary N) is 1. The highest BCUT2D eigenvalue weighted by Gasteiger charge is 2.43. The van der Waals surface area contributed by atoms with E-state index in [9.17, 15) is 9.36 Å². The fourth-order valence-electron chi connectivity index (χ4n) is 2.20. The number of rotatable bonds is 6. The molecule has 2 rings (SSSR count). The minimum Gasteiger partial charge on any atom is -0.469 e. The Balaban J connectivity index is 2.33. The summed E-state index contributed by atoms with van der Waals surface area (Å²) in [6.07, 6.45) is 1.49. The number of ether oxygens (including phenoxy) is 1. The maximum Gasteiger partial charge on any atom is 0.470 e. The SMILES string of the molecule is CC(C)(C)[Si](C)(C)O[C@@H]1C=C(COP(=O)(O)O)O[C@H]1n1ccc(N)nc1=O. The summed E-state index contributed by atoms with van der Waals surface area (Å²) in [6, 6.07) is 1.46. The number of hydrogen-bond donors (Lipinski definition) is 3. The third-order valence-corrected chi connectivity index (χ3v) is 9.58. The van der Waals surface area contributed by atoms with Crippen LogP contribution in [0.4, 0.5) is 5.82 Å². The Morgan fingerprint density at radius 3 is 2.56 bits per heavy atom. The molecule has 0 unspecified atom stereocenters. The van der Waals surface area contributed by atoms with Crippen LogP contribution in [0.2, 0.25) is 18.1 Å². The number of nitrogens with zero attached hydrogens (tertiary/aromatic N) is 2. The van der Waals surface area contributed by atoms with Crippen molar-refractivity contribution in [1.82, 2.24) is 9.55 Å². The van der Waals surface area contributed by atoms with Gasteiger partial charge in [-0.2, -0.15) is 4.98 Å². The fourth-order valence-corrected chi connectivity index (χ4v) is 3.71. The molecule has 1 aliphatic heterocycles. The molecule has 10 nitrogen and oxygen atoms in total. The van der Waals surface area contributed by atoms with E-state index in [2.05, 4.69) is 30.3 Å². The topological polar surface area (TPSA) is 146 Å². The molecule has 0 bridgehead atoms. The maximum absolute atomic E-state index is 12.2. The summed E-state index contributed by atoms with van der Waals surface area (Å²) in [5.41, 5.74) is 4.92. The molecule has 27 heavy (non-hydrogen) atoms. The van der Waals surface area contributed by atoms with Crippen molar-refractivity contribution >= 4 is 22.0 Å². The van der Waals surface area contributed by atoms with Gasteiger partial charge in [0.25, 0.3) is 0 Å². The third-order valence-electron chi connectivity index (χ3n) is 4.64. The number of anilines is 1. The van der Waals surface area contributed by atoms with Gasteiger partial charge in [-0.25, -0.2) is 9.36 Å². The predicted molar refractivity (Wildman–Crippen MR) is 101 cm³/mol. The van der Waals surface area contributed by atoms with Crippen LogP contribution in [-0.4, -0.2) is 40.4 Å². The number of phosphoric acid groups is 1. The zero-order valence-corrected chi connectivity index (χ0v) is 17.8. The largest absolute Gasteiger partial charge is 0.470 e. The highest BCUT2D eigenvalue weighted by atomic mass is 31.2. The van der Waals surface area contributed by atoms with Crippen LogP contribution in [0, 0.1) is 0 Å². The molecule has 0 aromatic carbocycles. The van der Waals surface area contributed by atoms with E-state index in [1.807, 2.05) is 13.1 Å². The predicted octanol–water partition coefficient (Wildman–Crippen LogP) is 1.74. The van der Waals surface area contributed by atoms with Crippen molar-refractivity contribution in [2.75, 3.05) is 12.3 Å². The second kappa shape index (κ2) is 7.49. The van der Waals surface area contributed by atoms with Gasteiger partial charge in [-0.3, -0.25) is 9.09 Å². The molecule has 0 fully saturated rings. The maximum atomic E-state index is 12.2. The zero-order valence-electron chi connectivity index (χ0n) is 15.9. The van der Waals surface area contributed by atoms with Gasteiger partial charge in [-0.15, -0.1) is 0 Å². The Kier molecular flexibility index (Phi) is 6.05. The van der Waals surface area contributed by atoms with Crippen molar-refractivity contribution in [2.24, 2.45) is 0 Å². The van der Waals surface area contributed by atoms with Crippen LogP contribution in [0.5, 0.6) is 0 Å². The van der Waals surface area contributed by atoms with Crippen molar-refractivity contribution in [3.8, 4) is 0 Å². The van der Waals surface area contributed by atoms with Gasteiger partial charge in [0, 0.05) is 6.20 Å². The van der Waals surface area contributed by atoms with Gasteiger partial charge >= 0.3 is 13.5 Å². The van der Waals surface area contributed by atoms with Crippen LogP contribution >= 0.6 is 7.82 Å². The van der Waals surface area contributed by atoms with Crippen LogP contribution in [0.15, 0.2) is 28.9 Å². The summed E-state index contributed by atoms with van der Waals surface area (Å²) >= 11 is 0. The summed E-state index contributed by atoms with van der Waals surface area (Å²) in [7, 11) is -6.91. The Labute approximate surface area is 158 Å². The van der Waals surface area contributed by atoms with E-state index in [-0.39, 0.29) is 16.6 Å². The minimum absolute atomic E-state index is 0.0779. The molecule has 0 aliphatic carbocycles. The molecule has 0 spiro atoms. The molecule has 4 N–H and O–H groups in total. The lowest BCUT2D eigenvalue weighted by Gasteiger charge is -2.39. The molecule has 12 heteroatoms. The minimum atomic E-state index is -4.66. The number of nitrogen functional groups attached to an aromatic ring is 1. The van der Waals surface area contributed by atoms with Gasteiger partial charge in [0.2, 0.25) is 6.23 Å². The van der Waals surface area contributed by atoms with Crippen LogP contribution in [0.1, 0.15) is 27.0 Å². The Hall–Kier alpha value is -1.49. The van der Waals surface area contributed by atoms with Crippen LogP contribution in [0.25, 0.3) is 0 Å². The molecule has 152 valence electrons. The van der Waals surface area contributed by atoms with Crippen LogP contribution < -0.4 is 11.4 Å². The zero-order chi connectivity index (χ0) is 20.6. The first-order chi connectivity index (χ1) is 12.2. The van der Waals surface area contributed by atoms with Crippen LogP contribution in [-0.2, 0) is 18.3 Å². The Bertz CT molecular complexity index is 827. The monoisotopic (exact) mass is 419 g/mol. The molecule has 1 aromatic rings. The molecular formula is C15H26N3O7PSi. The first-order valence-electron chi connectivity index (χ1n) is 8.29. The van der Waals surface area contributed by atoms with Crippen molar-refractivity contribution in [3.63, 3.8) is 0 Å². The summed E-state index contributed by atoms with van der Waals surface area (Å²) in [4.78, 5) is 33.7. The summed E-state index contributed by atoms with van der Waals surface area (Å²) < 4.78 is 28.7. The second-order valence-corrected chi connectivity index (χ2v) is 13.8. The van der Waals surface area contributed by atoms with E-state index in [1.54, 1.807) is 6.08 Å². The lowest BCUT2D eigenvalue weighted by atomic mass is 10.2. The van der Waals surface area contributed by atoms with E-state index in [1.165, 1.54) is 16.8 Å². The van der Waals surface area contributed by atoms with E-state index < -0.39 is 40.8 Å². The normalized spacial score (nSPS) is 21.1.